The maximum Gasteiger partial charge on any atom is 0.255 e. The van der Waals surface area contributed by atoms with Crippen molar-refractivity contribution in [2.24, 2.45) is 5.73 Å². The van der Waals surface area contributed by atoms with Gasteiger partial charge in [-0.25, -0.2) is 0 Å². The first kappa shape index (κ1) is 18.3. The zero-order valence-corrected chi connectivity index (χ0v) is 14.4. The Kier molecular flexibility index (Phi) is 6.34. The van der Waals surface area contributed by atoms with Gasteiger partial charge >= 0.3 is 0 Å². The Hall–Kier alpha value is -3.08. The Morgan fingerprint density at radius 2 is 1.88 bits per heavy atom. The van der Waals surface area contributed by atoms with Crippen molar-refractivity contribution in [1.29, 1.82) is 0 Å². The molecule has 5 heteroatoms. The van der Waals surface area contributed by atoms with E-state index < -0.39 is 5.91 Å². The molecule has 0 aliphatic carbocycles. The molecule has 0 atom stereocenters. The molecule has 25 heavy (non-hydrogen) atoms. The van der Waals surface area contributed by atoms with Crippen LogP contribution < -0.4 is 15.8 Å². The van der Waals surface area contributed by atoms with Crippen molar-refractivity contribution in [2.75, 3.05) is 11.9 Å². The molecule has 0 aliphatic heterocycles. The van der Waals surface area contributed by atoms with Gasteiger partial charge < -0.3 is 15.8 Å². The van der Waals surface area contributed by atoms with Gasteiger partial charge in [0, 0.05) is 17.8 Å². The molecule has 0 saturated heterocycles. The Labute approximate surface area is 147 Å². The summed E-state index contributed by atoms with van der Waals surface area (Å²) in [7, 11) is 0. The maximum atomic E-state index is 12.0. The third kappa shape index (κ3) is 6.14. The third-order valence-electron chi connectivity index (χ3n) is 3.51. The lowest BCUT2D eigenvalue weighted by atomic mass is 10.0. The molecule has 2 aromatic rings. The van der Waals surface area contributed by atoms with E-state index in [0.717, 1.165) is 5.56 Å². The Bertz CT molecular complexity index is 765. The summed E-state index contributed by atoms with van der Waals surface area (Å²) >= 11 is 0. The lowest BCUT2D eigenvalue weighted by Crippen LogP contribution is -2.20. The number of ether oxygens (including phenoxy) is 1. The van der Waals surface area contributed by atoms with E-state index in [2.05, 4.69) is 31.3 Å². The zero-order valence-electron chi connectivity index (χ0n) is 14.4. The first-order chi connectivity index (χ1) is 11.9. The molecular weight excluding hydrogens is 316 g/mol. The lowest BCUT2D eigenvalue weighted by Gasteiger charge is -2.07. The molecule has 0 fully saturated rings. The summed E-state index contributed by atoms with van der Waals surface area (Å²) in [4.78, 5) is 22.8. The fourth-order valence-corrected chi connectivity index (χ4v) is 2.17. The summed E-state index contributed by atoms with van der Waals surface area (Å²) in [6.07, 6.45) is 3.23. The molecule has 0 bridgehead atoms. The van der Waals surface area contributed by atoms with E-state index in [1.54, 1.807) is 30.3 Å². The van der Waals surface area contributed by atoms with Gasteiger partial charge in [-0.3, -0.25) is 9.59 Å². The smallest absolute Gasteiger partial charge is 0.255 e. The van der Waals surface area contributed by atoms with Crippen molar-refractivity contribution in [1.82, 2.24) is 0 Å². The molecule has 0 spiro atoms. The number of nitrogens with one attached hydrogen (secondary N) is 1. The Morgan fingerprint density at radius 1 is 1.16 bits per heavy atom. The van der Waals surface area contributed by atoms with Crippen LogP contribution in [0.1, 0.15) is 30.9 Å². The first-order valence-electron chi connectivity index (χ1n) is 8.04. The molecule has 0 heterocycles. The number of carbonyl (C=O) groups is 2. The highest BCUT2D eigenvalue weighted by Crippen LogP contribution is 2.18. The number of anilines is 1. The highest BCUT2D eigenvalue weighted by atomic mass is 16.5. The minimum absolute atomic E-state index is 0.205. The van der Waals surface area contributed by atoms with Crippen LogP contribution in [-0.2, 0) is 9.59 Å². The van der Waals surface area contributed by atoms with Gasteiger partial charge in [0.05, 0.1) is 0 Å². The molecule has 0 aliphatic rings. The van der Waals surface area contributed by atoms with Crippen molar-refractivity contribution in [3.05, 3.63) is 65.7 Å². The van der Waals surface area contributed by atoms with Crippen LogP contribution in [-0.4, -0.2) is 18.4 Å². The molecule has 0 saturated carbocycles. The predicted octanol–water partition coefficient (Wildman–Crippen LogP) is 3.33. The van der Waals surface area contributed by atoms with Crippen LogP contribution >= 0.6 is 0 Å². The van der Waals surface area contributed by atoms with Gasteiger partial charge in [0.1, 0.15) is 5.75 Å². The number of rotatable bonds is 7. The Morgan fingerprint density at radius 3 is 2.52 bits per heavy atom. The number of hydrogen-bond acceptors (Lipinski definition) is 3. The summed E-state index contributed by atoms with van der Waals surface area (Å²) in [5.74, 6) is 0.135. The second kappa shape index (κ2) is 8.68. The van der Waals surface area contributed by atoms with Crippen LogP contribution in [0.2, 0.25) is 0 Å². The molecule has 2 amide bonds. The van der Waals surface area contributed by atoms with Gasteiger partial charge in [0.2, 0.25) is 5.91 Å². The number of benzene rings is 2. The van der Waals surface area contributed by atoms with E-state index in [0.29, 0.717) is 17.4 Å². The van der Waals surface area contributed by atoms with Crippen molar-refractivity contribution in [2.45, 2.75) is 19.8 Å². The van der Waals surface area contributed by atoms with Crippen molar-refractivity contribution < 1.29 is 14.3 Å². The Balaban J connectivity index is 1.95. The van der Waals surface area contributed by atoms with Crippen molar-refractivity contribution >= 4 is 23.6 Å². The van der Waals surface area contributed by atoms with E-state index in [4.69, 9.17) is 10.5 Å². The summed E-state index contributed by atoms with van der Waals surface area (Å²) in [5, 5.41) is 2.75. The number of hydrogen-bond donors (Lipinski definition) is 2. The minimum atomic E-state index is -0.555. The predicted molar refractivity (Wildman–Crippen MR) is 99.3 cm³/mol. The van der Waals surface area contributed by atoms with Gasteiger partial charge in [0.25, 0.3) is 5.91 Å². The van der Waals surface area contributed by atoms with E-state index in [1.165, 1.54) is 11.6 Å². The van der Waals surface area contributed by atoms with Crippen LogP contribution in [0.4, 0.5) is 5.69 Å². The highest BCUT2D eigenvalue weighted by Gasteiger charge is 2.02. The zero-order chi connectivity index (χ0) is 18.2. The van der Waals surface area contributed by atoms with Crippen LogP contribution in [0.3, 0.4) is 0 Å². The normalized spacial score (nSPS) is 10.8. The lowest BCUT2D eigenvalue weighted by molar-refractivity contribution is -0.120. The van der Waals surface area contributed by atoms with E-state index in [-0.39, 0.29) is 12.5 Å². The fraction of sp³-hybridized carbons (Fsp3) is 0.200. The second-order valence-corrected chi connectivity index (χ2v) is 5.93. The quantitative estimate of drug-likeness (QED) is 0.760. The standard InChI is InChI=1S/C20H22N2O3/c1-14(2)16-9-6-15(7-10-16)8-11-20(24)22-17-4-3-5-18(12-17)25-13-19(21)23/h3-12,14H,13H2,1-2H3,(H2,21,23)(H,22,24)/b11-8+. The van der Waals surface area contributed by atoms with Gasteiger partial charge in [-0.1, -0.05) is 44.2 Å². The monoisotopic (exact) mass is 338 g/mol. The third-order valence-corrected chi connectivity index (χ3v) is 3.51. The van der Waals surface area contributed by atoms with Crippen molar-refractivity contribution in [3.63, 3.8) is 0 Å². The van der Waals surface area contributed by atoms with Gasteiger partial charge in [-0.05, 0) is 35.3 Å². The summed E-state index contributed by atoms with van der Waals surface area (Å²) in [5.41, 5.74) is 7.83. The molecule has 2 aromatic carbocycles. The minimum Gasteiger partial charge on any atom is -0.484 e. The van der Waals surface area contributed by atoms with E-state index in [1.807, 2.05) is 12.1 Å². The number of nitrogens with two attached hydrogens (primary N) is 1. The second-order valence-electron chi connectivity index (χ2n) is 5.93. The summed E-state index contributed by atoms with van der Waals surface area (Å²) in [6.45, 7) is 4.07. The highest BCUT2D eigenvalue weighted by molar-refractivity contribution is 6.02. The summed E-state index contributed by atoms with van der Waals surface area (Å²) < 4.78 is 5.21. The van der Waals surface area contributed by atoms with Crippen LogP contribution in [0.15, 0.2) is 54.6 Å². The van der Waals surface area contributed by atoms with Crippen LogP contribution in [0.5, 0.6) is 5.75 Å². The number of amides is 2. The van der Waals surface area contributed by atoms with E-state index >= 15 is 0 Å². The molecule has 0 radical (unpaired) electrons. The average molecular weight is 338 g/mol. The van der Waals surface area contributed by atoms with E-state index in [9.17, 15) is 9.59 Å². The molecule has 5 nitrogen and oxygen atoms in total. The molecule has 130 valence electrons. The maximum absolute atomic E-state index is 12.0. The molecule has 0 unspecified atom stereocenters. The largest absolute Gasteiger partial charge is 0.484 e. The summed E-state index contributed by atoms with van der Waals surface area (Å²) in [6, 6.07) is 14.9. The van der Waals surface area contributed by atoms with Gasteiger partial charge in [0.15, 0.2) is 6.61 Å². The molecule has 0 aromatic heterocycles. The topological polar surface area (TPSA) is 81.4 Å². The van der Waals surface area contributed by atoms with Gasteiger partial charge in [-0.2, -0.15) is 0 Å². The van der Waals surface area contributed by atoms with Crippen LogP contribution in [0.25, 0.3) is 6.08 Å². The van der Waals surface area contributed by atoms with Crippen LogP contribution in [0, 0.1) is 0 Å². The first-order valence-corrected chi connectivity index (χ1v) is 8.04. The number of carbonyl (C=O) groups excluding carboxylic acids is 2. The SMILES string of the molecule is CC(C)c1ccc(/C=C/C(=O)Nc2cccc(OCC(N)=O)c2)cc1. The number of primary amides is 1. The molecule has 2 rings (SSSR count). The molecular formula is C20H22N2O3. The fourth-order valence-electron chi connectivity index (χ4n) is 2.17. The van der Waals surface area contributed by atoms with Gasteiger partial charge in [-0.15, -0.1) is 0 Å². The average Bonchev–Trinajstić information content (AvgIpc) is 2.59. The molecule has 3 N–H and O–H groups in total. The van der Waals surface area contributed by atoms with Crippen molar-refractivity contribution in [3.8, 4) is 5.75 Å².